The summed E-state index contributed by atoms with van der Waals surface area (Å²) in [5.41, 5.74) is 9.46. The molecule has 3 aromatic rings. The van der Waals surface area contributed by atoms with Gasteiger partial charge in [0, 0.05) is 11.0 Å². The second kappa shape index (κ2) is 9.19. The predicted octanol–water partition coefficient (Wildman–Crippen LogP) is 4.97. The highest BCUT2D eigenvalue weighted by Gasteiger charge is 2.25. The van der Waals surface area contributed by atoms with E-state index in [9.17, 15) is 14.0 Å². The van der Waals surface area contributed by atoms with E-state index in [4.69, 9.17) is 10.5 Å². The van der Waals surface area contributed by atoms with E-state index in [0.717, 1.165) is 5.01 Å². The molecule has 0 radical (unpaired) electrons. The van der Waals surface area contributed by atoms with Crippen molar-refractivity contribution in [3.8, 4) is 0 Å². The van der Waals surface area contributed by atoms with Crippen LogP contribution < -0.4 is 16.2 Å². The standard InChI is InChI=1S/C26H23FN4O3/c1-26(27)15-8-9-17(14-16-26)23-22(28)21(19-12-6-7-13-20(19)29-23)24(32)30-31(25(33)34-2)18-10-4-3-5-11-18/h3-16H,28H2,1-2H3,(H,30,32). The Labute approximate surface area is 196 Å². The van der Waals surface area contributed by atoms with Crippen LogP contribution in [-0.4, -0.2) is 29.8 Å². The summed E-state index contributed by atoms with van der Waals surface area (Å²) < 4.78 is 19.3. The number of methoxy groups -OCH3 is 1. The number of benzene rings is 2. The van der Waals surface area contributed by atoms with E-state index in [1.54, 1.807) is 72.8 Å². The minimum Gasteiger partial charge on any atom is -0.451 e. The Morgan fingerprint density at radius 2 is 1.79 bits per heavy atom. The molecule has 1 unspecified atom stereocenters. The summed E-state index contributed by atoms with van der Waals surface area (Å²) in [6.45, 7) is 1.43. The van der Waals surface area contributed by atoms with Crippen LogP contribution in [0.5, 0.6) is 0 Å². The number of hydrazine groups is 1. The lowest BCUT2D eigenvalue weighted by Crippen LogP contribution is -2.46. The number of ether oxygens (including phenoxy) is 1. The second-order valence-electron chi connectivity index (χ2n) is 7.81. The van der Waals surface area contributed by atoms with Crippen molar-refractivity contribution in [2.75, 3.05) is 17.9 Å². The van der Waals surface area contributed by atoms with E-state index < -0.39 is 17.7 Å². The number of pyridine rings is 1. The molecule has 1 aromatic heterocycles. The highest BCUT2D eigenvalue weighted by molar-refractivity contribution is 6.13. The van der Waals surface area contributed by atoms with Crippen molar-refractivity contribution in [2.24, 2.45) is 0 Å². The molecule has 7 nitrogen and oxygen atoms in total. The van der Waals surface area contributed by atoms with Crippen LogP contribution in [-0.2, 0) is 4.74 Å². The Balaban J connectivity index is 1.83. The third-order valence-electron chi connectivity index (χ3n) is 5.30. The first-order chi connectivity index (χ1) is 16.3. The number of carbonyl (C=O) groups excluding carboxylic acids is 2. The highest BCUT2D eigenvalue weighted by Crippen LogP contribution is 2.32. The highest BCUT2D eigenvalue weighted by atomic mass is 19.1. The molecular weight excluding hydrogens is 435 g/mol. The van der Waals surface area contributed by atoms with Crippen LogP contribution in [0, 0.1) is 0 Å². The molecule has 0 aliphatic heterocycles. The van der Waals surface area contributed by atoms with Gasteiger partial charge in [0.1, 0.15) is 5.67 Å². The Morgan fingerprint density at radius 3 is 2.53 bits per heavy atom. The predicted molar refractivity (Wildman–Crippen MR) is 131 cm³/mol. The van der Waals surface area contributed by atoms with Crippen LogP contribution in [0.25, 0.3) is 16.5 Å². The molecule has 1 aliphatic carbocycles. The molecule has 1 heterocycles. The zero-order valence-corrected chi connectivity index (χ0v) is 18.7. The van der Waals surface area contributed by atoms with E-state index in [-0.39, 0.29) is 11.3 Å². The monoisotopic (exact) mass is 458 g/mol. The van der Waals surface area contributed by atoms with Crippen LogP contribution in [0.3, 0.4) is 0 Å². The molecular formula is C26H23FN4O3. The molecule has 0 spiro atoms. The van der Waals surface area contributed by atoms with E-state index in [1.807, 2.05) is 0 Å². The lowest BCUT2D eigenvalue weighted by Gasteiger charge is -2.23. The van der Waals surface area contributed by atoms with Crippen LogP contribution in [0.2, 0.25) is 0 Å². The number of nitrogens with one attached hydrogen (secondary N) is 1. The molecule has 172 valence electrons. The number of hydrogen-bond donors (Lipinski definition) is 2. The zero-order chi connectivity index (χ0) is 24.3. The lowest BCUT2D eigenvalue weighted by atomic mass is 10.00. The summed E-state index contributed by atoms with van der Waals surface area (Å²) in [6.07, 6.45) is 6.88. The Kier molecular flexibility index (Phi) is 6.14. The number of halogens is 1. The van der Waals surface area contributed by atoms with E-state index >= 15 is 0 Å². The molecule has 34 heavy (non-hydrogen) atoms. The number of para-hydroxylation sites is 2. The number of carbonyl (C=O) groups is 2. The maximum Gasteiger partial charge on any atom is 0.433 e. The number of allylic oxidation sites excluding steroid dienone is 6. The van der Waals surface area contributed by atoms with Crippen molar-refractivity contribution >= 4 is 39.9 Å². The van der Waals surface area contributed by atoms with Crippen molar-refractivity contribution in [1.29, 1.82) is 0 Å². The van der Waals surface area contributed by atoms with Crippen molar-refractivity contribution in [3.05, 3.63) is 96.2 Å². The first-order valence-corrected chi connectivity index (χ1v) is 10.5. The van der Waals surface area contributed by atoms with Gasteiger partial charge < -0.3 is 10.5 Å². The fraction of sp³-hybridized carbons (Fsp3) is 0.115. The summed E-state index contributed by atoms with van der Waals surface area (Å²) in [6, 6.07) is 15.6. The van der Waals surface area contributed by atoms with Gasteiger partial charge in [0.25, 0.3) is 5.91 Å². The number of fused-ring (bicyclic) bond motifs is 1. The molecule has 0 saturated carbocycles. The molecule has 3 N–H and O–H groups in total. The molecule has 0 bridgehead atoms. The Morgan fingerprint density at radius 1 is 1.09 bits per heavy atom. The van der Waals surface area contributed by atoms with E-state index in [2.05, 4.69) is 10.4 Å². The smallest absolute Gasteiger partial charge is 0.433 e. The maximum absolute atomic E-state index is 14.4. The third kappa shape index (κ3) is 4.52. The quantitative estimate of drug-likeness (QED) is 0.540. The molecule has 0 fully saturated rings. The lowest BCUT2D eigenvalue weighted by molar-refractivity contribution is 0.0943. The molecule has 2 amide bonds. The number of nitrogens with zero attached hydrogens (tertiary/aromatic N) is 2. The first-order valence-electron chi connectivity index (χ1n) is 10.5. The normalized spacial score (nSPS) is 17.1. The number of anilines is 2. The average Bonchev–Trinajstić information content (AvgIpc) is 3.02. The van der Waals surface area contributed by atoms with Crippen LogP contribution >= 0.6 is 0 Å². The van der Waals surface area contributed by atoms with Gasteiger partial charge in [-0.05, 0) is 37.3 Å². The summed E-state index contributed by atoms with van der Waals surface area (Å²) in [7, 11) is 1.22. The molecule has 1 atom stereocenters. The van der Waals surface area contributed by atoms with E-state index in [1.165, 1.54) is 26.2 Å². The number of hydrogen-bond acceptors (Lipinski definition) is 5. The third-order valence-corrected chi connectivity index (χ3v) is 5.30. The topological polar surface area (TPSA) is 97.5 Å². The first kappa shape index (κ1) is 22.7. The number of rotatable bonds is 3. The number of nitrogens with two attached hydrogens (primary N) is 1. The number of amides is 2. The number of alkyl halides is 1. The minimum absolute atomic E-state index is 0.0980. The fourth-order valence-corrected chi connectivity index (χ4v) is 3.59. The SMILES string of the molecule is COC(=O)N(NC(=O)c1c(N)c(C2=CC=CC(C)(F)C=C2)nc2ccccc12)c1ccccc1. The van der Waals surface area contributed by atoms with Crippen LogP contribution in [0.4, 0.5) is 20.6 Å². The van der Waals surface area contributed by atoms with Crippen molar-refractivity contribution in [2.45, 2.75) is 12.6 Å². The van der Waals surface area contributed by atoms with Gasteiger partial charge >= 0.3 is 6.09 Å². The summed E-state index contributed by atoms with van der Waals surface area (Å²) in [5.74, 6) is -0.629. The van der Waals surface area contributed by atoms with Crippen LogP contribution in [0.1, 0.15) is 23.0 Å². The molecule has 4 rings (SSSR count). The van der Waals surface area contributed by atoms with Crippen molar-refractivity contribution in [1.82, 2.24) is 10.4 Å². The summed E-state index contributed by atoms with van der Waals surface area (Å²) >= 11 is 0. The fourth-order valence-electron chi connectivity index (χ4n) is 3.59. The van der Waals surface area contributed by atoms with Crippen LogP contribution in [0.15, 0.2) is 85.0 Å². The Hall–Kier alpha value is -4.46. The van der Waals surface area contributed by atoms with Gasteiger partial charge in [0.05, 0.1) is 35.3 Å². The molecule has 0 saturated heterocycles. The molecule has 1 aliphatic rings. The summed E-state index contributed by atoms with van der Waals surface area (Å²) in [4.78, 5) is 30.6. The van der Waals surface area contributed by atoms with Crippen molar-refractivity contribution < 1.29 is 18.7 Å². The van der Waals surface area contributed by atoms with Gasteiger partial charge in [-0.25, -0.2) is 14.2 Å². The van der Waals surface area contributed by atoms with Gasteiger partial charge in [0.2, 0.25) is 0 Å². The van der Waals surface area contributed by atoms with Gasteiger partial charge in [-0.15, -0.1) is 0 Å². The second-order valence-corrected chi connectivity index (χ2v) is 7.81. The number of nitrogen functional groups attached to an aromatic ring is 1. The minimum atomic E-state index is -1.62. The average molecular weight is 458 g/mol. The van der Waals surface area contributed by atoms with E-state index in [0.29, 0.717) is 27.9 Å². The van der Waals surface area contributed by atoms with Gasteiger partial charge in [0.15, 0.2) is 0 Å². The zero-order valence-electron chi connectivity index (χ0n) is 18.7. The van der Waals surface area contributed by atoms with Gasteiger partial charge in [-0.1, -0.05) is 54.6 Å². The van der Waals surface area contributed by atoms with Crippen molar-refractivity contribution in [3.63, 3.8) is 0 Å². The maximum atomic E-state index is 14.4. The number of aromatic nitrogens is 1. The summed E-state index contributed by atoms with van der Waals surface area (Å²) in [5, 5.41) is 1.50. The molecule has 8 heteroatoms. The van der Waals surface area contributed by atoms with Gasteiger partial charge in [-0.3, -0.25) is 10.2 Å². The van der Waals surface area contributed by atoms with Gasteiger partial charge in [-0.2, -0.15) is 5.01 Å². The molecule has 2 aromatic carbocycles. The Bertz CT molecular complexity index is 1350. The largest absolute Gasteiger partial charge is 0.451 e.